The van der Waals surface area contributed by atoms with Crippen LogP contribution < -0.4 is 0 Å². The average molecular weight is 429 g/mol. The maximum atomic E-state index is 6.52. The largest absolute Gasteiger partial charge is 0.368 e. The number of halogens is 2. The number of benzene rings is 2. The van der Waals surface area contributed by atoms with Gasteiger partial charge in [0, 0.05) is 16.4 Å². The normalized spacial score (nSPS) is 26.9. The van der Waals surface area contributed by atoms with Crippen molar-refractivity contribution in [3.63, 3.8) is 0 Å². The Hall–Kier alpha value is -1.52. The topological polar surface area (TPSA) is 28.3 Å². The minimum atomic E-state index is -0.250. The van der Waals surface area contributed by atoms with Gasteiger partial charge in [-0.15, -0.1) is 0 Å². The van der Waals surface area contributed by atoms with Crippen molar-refractivity contribution in [2.75, 3.05) is 20.7 Å². The summed E-state index contributed by atoms with van der Waals surface area (Å²) in [6.45, 7) is 0.750. The first-order chi connectivity index (χ1) is 14.0. The predicted molar refractivity (Wildman–Crippen MR) is 120 cm³/mol. The zero-order chi connectivity index (χ0) is 20.2. The predicted octanol–water partition coefficient (Wildman–Crippen LogP) is 6.27. The number of nitrogens with zero attached hydrogens (tertiary/aromatic N) is 1. The molecule has 0 radical (unpaired) electrons. The van der Waals surface area contributed by atoms with Crippen LogP contribution in [0.1, 0.15) is 42.5 Å². The highest BCUT2D eigenvalue weighted by Crippen LogP contribution is 2.52. The van der Waals surface area contributed by atoms with E-state index in [4.69, 9.17) is 27.9 Å². The summed E-state index contributed by atoms with van der Waals surface area (Å²) in [5.41, 5.74) is 4.83. The number of ether oxygens (including phenoxy) is 1. The molecule has 2 heterocycles. The van der Waals surface area contributed by atoms with Crippen LogP contribution in [-0.2, 0) is 22.3 Å². The first-order valence-electron chi connectivity index (χ1n) is 10.3. The Morgan fingerprint density at radius 2 is 1.66 bits per heavy atom. The highest BCUT2D eigenvalue weighted by Gasteiger charge is 2.49. The Bertz CT molecular complexity index is 1050. The quantitative estimate of drug-likeness (QED) is 0.520. The summed E-state index contributed by atoms with van der Waals surface area (Å²) in [5.74, 6) is 0. The van der Waals surface area contributed by atoms with E-state index in [1.807, 2.05) is 12.1 Å². The summed E-state index contributed by atoms with van der Waals surface area (Å²) in [6.07, 6.45) is 5.00. The van der Waals surface area contributed by atoms with Crippen LogP contribution in [0, 0.1) is 0 Å². The van der Waals surface area contributed by atoms with E-state index >= 15 is 0 Å². The van der Waals surface area contributed by atoms with Crippen molar-refractivity contribution in [1.29, 1.82) is 0 Å². The van der Waals surface area contributed by atoms with Crippen LogP contribution in [0.4, 0.5) is 0 Å². The van der Waals surface area contributed by atoms with E-state index in [-0.39, 0.29) is 11.1 Å². The fourth-order valence-corrected chi connectivity index (χ4v) is 5.85. The maximum absolute atomic E-state index is 6.52. The number of aromatic nitrogens is 1. The van der Waals surface area contributed by atoms with E-state index in [0.717, 1.165) is 44.2 Å². The number of nitrogens with one attached hydrogen (secondary N) is 1. The monoisotopic (exact) mass is 428 g/mol. The number of hydrogen-bond donors (Lipinski definition) is 1. The molecule has 0 amide bonds. The summed E-state index contributed by atoms with van der Waals surface area (Å²) in [7, 11) is 4.40. The molecule has 3 aromatic rings. The number of aromatic amines is 1. The third kappa shape index (κ3) is 2.94. The van der Waals surface area contributed by atoms with Crippen molar-refractivity contribution in [2.24, 2.45) is 0 Å². The fraction of sp³-hybridized carbons (Fsp3) is 0.417. The molecule has 1 aliphatic heterocycles. The molecule has 3 nitrogen and oxygen atoms in total. The van der Waals surface area contributed by atoms with Crippen molar-refractivity contribution in [1.82, 2.24) is 9.88 Å². The van der Waals surface area contributed by atoms with E-state index in [9.17, 15) is 0 Å². The SMILES string of the molecule is CN(C)C1(c2ccccc2)CCC2(CC1)OCCc1c2[nH]c2cc(Cl)c(Cl)cc12. The number of fused-ring (bicyclic) bond motifs is 4. The lowest BCUT2D eigenvalue weighted by atomic mass is 9.68. The van der Waals surface area contributed by atoms with Crippen molar-refractivity contribution in [3.05, 3.63) is 69.3 Å². The summed E-state index contributed by atoms with van der Waals surface area (Å²) < 4.78 is 6.52. The molecule has 2 aromatic carbocycles. The molecule has 152 valence electrons. The summed E-state index contributed by atoms with van der Waals surface area (Å²) in [4.78, 5) is 6.05. The first-order valence-corrected chi connectivity index (χ1v) is 11.1. The van der Waals surface area contributed by atoms with Crippen LogP contribution in [0.5, 0.6) is 0 Å². The lowest BCUT2D eigenvalue weighted by Gasteiger charge is -2.50. The Morgan fingerprint density at radius 3 is 2.34 bits per heavy atom. The van der Waals surface area contributed by atoms with E-state index in [1.54, 1.807) is 0 Å². The third-order valence-corrected chi connectivity index (χ3v) is 7.91. The molecule has 1 aromatic heterocycles. The maximum Gasteiger partial charge on any atom is 0.108 e. The molecule has 0 bridgehead atoms. The van der Waals surface area contributed by atoms with Crippen LogP contribution >= 0.6 is 23.2 Å². The molecule has 1 N–H and O–H groups in total. The number of rotatable bonds is 2. The third-order valence-electron chi connectivity index (χ3n) is 7.19. The van der Waals surface area contributed by atoms with Crippen molar-refractivity contribution in [3.8, 4) is 0 Å². The van der Waals surface area contributed by atoms with Crippen molar-refractivity contribution < 1.29 is 4.74 Å². The second-order valence-electron chi connectivity index (χ2n) is 8.68. The van der Waals surface area contributed by atoms with Gasteiger partial charge in [0.15, 0.2) is 0 Å². The minimum absolute atomic E-state index is 0.0477. The zero-order valence-corrected chi connectivity index (χ0v) is 18.4. The molecular weight excluding hydrogens is 403 g/mol. The van der Waals surface area contributed by atoms with Crippen molar-refractivity contribution in [2.45, 2.75) is 43.2 Å². The first kappa shape index (κ1) is 19.4. The molecule has 1 saturated carbocycles. The van der Waals surface area contributed by atoms with Crippen LogP contribution in [0.15, 0.2) is 42.5 Å². The summed E-state index contributed by atoms with van der Waals surface area (Å²) in [5, 5.41) is 2.39. The average Bonchev–Trinajstić information content (AvgIpc) is 3.09. The van der Waals surface area contributed by atoms with E-state index in [0.29, 0.717) is 10.0 Å². The molecule has 29 heavy (non-hydrogen) atoms. The van der Waals surface area contributed by atoms with Gasteiger partial charge in [0.05, 0.1) is 22.3 Å². The highest BCUT2D eigenvalue weighted by molar-refractivity contribution is 6.42. The molecule has 5 rings (SSSR count). The van der Waals surface area contributed by atoms with Crippen LogP contribution in [0.25, 0.3) is 10.9 Å². The van der Waals surface area contributed by atoms with Gasteiger partial charge in [0.25, 0.3) is 0 Å². The minimum Gasteiger partial charge on any atom is -0.368 e. The van der Waals surface area contributed by atoms with E-state index in [1.165, 1.54) is 22.2 Å². The molecular formula is C24H26Cl2N2O. The Balaban J connectivity index is 1.55. The van der Waals surface area contributed by atoms with Gasteiger partial charge in [0.1, 0.15) is 5.60 Å². The molecule has 2 aliphatic rings. The fourth-order valence-electron chi connectivity index (χ4n) is 5.52. The second kappa shape index (κ2) is 7.02. The molecule has 0 saturated heterocycles. The molecule has 1 fully saturated rings. The summed E-state index contributed by atoms with van der Waals surface area (Å²) in [6, 6.07) is 14.9. The Kier molecular flexibility index (Phi) is 4.71. The van der Waals surface area contributed by atoms with Crippen LogP contribution in [-0.4, -0.2) is 30.6 Å². The van der Waals surface area contributed by atoms with E-state index in [2.05, 4.69) is 54.3 Å². The van der Waals surface area contributed by atoms with Gasteiger partial charge in [-0.1, -0.05) is 53.5 Å². The lowest BCUT2D eigenvalue weighted by Crippen LogP contribution is -2.50. The van der Waals surface area contributed by atoms with Gasteiger partial charge in [-0.3, -0.25) is 4.90 Å². The molecule has 0 atom stereocenters. The molecule has 1 spiro atoms. The van der Waals surface area contributed by atoms with Gasteiger partial charge in [-0.05, 0) is 69.5 Å². The highest BCUT2D eigenvalue weighted by atomic mass is 35.5. The van der Waals surface area contributed by atoms with Crippen LogP contribution in [0.2, 0.25) is 10.0 Å². The molecule has 1 aliphatic carbocycles. The van der Waals surface area contributed by atoms with Gasteiger partial charge in [-0.2, -0.15) is 0 Å². The van der Waals surface area contributed by atoms with Gasteiger partial charge >= 0.3 is 0 Å². The zero-order valence-electron chi connectivity index (χ0n) is 16.9. The number of hydrogen-bond acceptors (Lipinski definition) is 2. The van der Waals surface area contributed by atoms with Gasteiger partial charge in [-0.25, -0.2) is 0 Å². The van der Waals surface area contributed by atoms with Gasteiger partial charge in [0.2, 0.25) is 0 Å². The smallest absolute Gasteiger partial charge is 0.108 e. The molecule has 5 heteroatoms. The number of H-pyrrole nitrogens is 1. The van der Waals surface area contributed by atoms with Crippen LogP contribution in [0.3, 0.4) is 0 Å². The summed E-state index contributed by atoms with van der Waals surface area (Å²) >= 11 is 12.6. The van der Waals surface area contributed by atoms with E-state index < -0.39 is 0 Å². The molecule has 0 unspecified atom stereocenters. The standard InChI is InChI=1S/C24H26Cl2N2O/c1-28(2)23(16-6-4-3-5-7-16)9-11-24(12-10-23)22-17(8-13-29-24)18-14-19(25)20(26)15-21(18)27-22/h3-7,14-15,27H,8-13H2,1-2H3. The second-order valence-corrected chi connectivity index (χ2v) is 9.49. The van der Waals surface area contributed by atoms with Crippen molar-refractivity contribution >= 4 is 34.1 Å². The Labute approximate surface area is 181 Å². The Morgan fingerprint density at radius 1 is 0.966 bits per heavy atom. The lowest BCUT2D eigenvalue weighted by molar-refractivity contribution is -0.113. The van der Waals surface area contributed by atoms with Gasteiger partial charge < -0.3 is 9.72 Å².